The van der Waals surface area contributed by atoms with Crippen molar-refractivity contribution in [2.45, 2.75) is 0 Å². The van der Waals surface area contributed by atoms with Crippen molar-refractivity contribution in [3.63, 3.8) is 0 Å². The normalized spacial score (nSPS) is 10.6. The number of aromatic nitrogens is 1. The van der Waals surface area contributed by atoms with Gasteiger partial charge in [-0.05, 0) is 30.3 Å². The second-order valence-corrected chi connectivity index (χ2v) is 4.06. The van der Waals surface area contributed by atoms with E-state index in [0.29, 0.717) is 16.6 Å². The van der Waals surface area contributed by atoms with E-state index >= 15 is 0 Å². The molecule has 0 fully saturated rings. The molecule has 3 rings (SSSR count). The van der Waals surface area contributed by atoms with E-state index in [1.165, 1.54) is 0 Å². The molecule has 0 aliphatic heterocycles. The number of rotatable bonds is 2. The van der Waals surface area contributed by atoms with Gasteiger partial charge in [0, 0.05) is 10.7 Å². The van der Waals surface area contributed by atoms with Gasteiger partial charge in [-0.3, -0.25) is 0 Å². The highest BCUT2D eigenvalue weighted by Gasteiger charge is 2.05. The maximum Gasteiger partial charge on any atom is 0.300 e. The van der Waals surface area contributed by atoms with Gasteiger partial charge in [-0.15, -0.1) is 0 Å². The summed E-state index contributed by atoms with van der Waals surface area (Å²) in [5.74, 6) is 0. The molecule has 0 unspecified atom stereocenters. The van der Waals surface area contributed by atoms with Crippen LogP contribution in [0.4, 0.5) is 11.7 Å². The minimum atomic E-state index is 0.466. The van der Waals surface area contributed by atoms with Crippen LogP contribution in [0.25, 0.3) is 11.1 Å². The molecule has 3 aromatic rings. The molecular weight excluding hydrogens is 236 g/mol. The smallest absolute Gasteiger partial charge is 0.300 e. The molecule has 4 heteroatoms. The Bertz CT molecular complexity index is 649. The molecule has 0 saturated heterocycles. The lowest BCUT2D eigenvalue weighted by Crippen LogP contribution is -1.88. The number of fused-ring (bicyclic) bond motifs is 1. The molecule has 0 spiro atoms. The maximum atomic E-state index is 5.89. The van der Waals surface area contributed by atoms with Gasteiger partial charge >= 0.3 is 0 Å². The van der Waals surface area contributed by atoms with Gasteiger partial charge in [-0.25, -0.2) is 0 Å². The summed E-state index contributed by atoms with van der Waals surface area (Å²) in [4.78, 5) is 4.31. The van der Waals surface area contributed by atoms with Gasteiger partial charge in [0.1, 0.15) is 5.52 Å². The topological polar surface area (TPSA) is 38.1 Å². The zero-order valence-electron chi connectivity index (χ0n) is 8.85. The Kier molecular flexibility index (Phi) is 2.46. The van der Waals surface area contributed by atoms with Gasteiger partial charge in [0.15, 0.2) is 5.58 Å². The average molecular weight is 245 g/mol. The van der Waals surface area contributed by atoms with Gasteiger partial charge in [-0.2, -0.15) is 4.98 Å². The average Bonchev–Trinajstić information content (AvgIpc) is 2.71. The Balaban J connectivity index is 1.96. The van der Waals surface area contributed by atoms with Crippen LogP contribution >= 0.6 is 11.6 Å². The monoisotopic (exact) mass is 244 g/mol. The van der Waals surface area contributed by atoms with Crippen LogP contribution < -0.4 is 5.32 Å². The number of oxazole rings is 1. The summed E-state index contributed by atoms with van der Waals surface area (Å²) in [6.07, 6.45) is 0. The molecule has 0 radical (unpaired) electrons. The van der Waals surface area contributed by atoms with Crippen LogP contribution in [0, 0.1) is 0 Å². The highest BCUT2D eigenvalue weighted by atomic mass is 35.5. The Hall–Kier alpha value is -2.00. The fourth-order valence-corrected chi connectivity index (χ4v) is 1.77. The van der Waals surface area contributed by atoms with Crippen LogP contribution in [-0.4, -0.2) is 4.98 Å². The van der Waals surface area contributed by atoms with Crippen molar-refractivity contribution in [1.29, 1.82) is 0 Å². The molecule has 84 valence electrons. The van der Waals surface area contributed by atoms with Gasteiger partial charge in [0.05, 0.1) is 0 Å². The number of nitrogens with zero attached hydrogens (tertiary/aromatic N) is 1. The summed E-state index contributed by atoms with van der Waals surface area (Å²) in [5, 5.41) is 3.74. The minimum Gasteiger partial charge on any atom is -0.423 e. The molecule has 0 saturated carbocycles. The lowest BCUT2D eigenvalue weighted by Gasteiger charge is -1.98. The number of benzene rings is 2. The van der Waals surface area contributed by atoms with E-state index in [0.717, 1.165) is 11.2 Å². The van der Waals surface area contributed by atoms with Crippen molar-refractivity contribution in [2.75, 3.05) is 5.32 Å². The first-order valence-electron chi connectivity index (χ1n) is 5.19. The molecule has 0 amide bonds. The van der Waals surface area contributed by atoms with Crippen molar-refractivity contribution in [3.05, 3.63) is 53.6 Å². The van der Waals surface area contributed by atoms with E-state index in [9.17, 15) is 0 Å². The zero-order chi connectivity index (χ0) is 11.7. The largest absolute Gasteiger partial charge is 0.423 e. The van der Waals surface area contributed by atoms with Crippen LogP contribution in [0.1, 0.15) is 0 Å². The number of hydrogen-bond donors (Lipinski definition) is 1. The van der Waals surface area contributed by atoms with Crippen molar-refractivity contribution < 1.29 is 4.42 Å². The van der Waals surface area contributed by atoms with Crippen molar-refractivity contribution >= 4 is 34.4 Å². The van der Waals surface area contributed by atoms with Crippen molar-refractivity contribution in [1.82, 2.24) is 4.98 Å². The predicted molar refractivity (Wildman–Crippen MR) is 68.7 cm³/mol. The Morgan fingerprint density at radius 3 is 2.71 bits per heavy atom. The van der Waals surface area contributed by atoms with Gasteiger partial charge < -0.3 is 9.73 Å². The van der Waals surface area contributed by atoms with E-state index in [1.807, 2.05) is 30.3 Å². The van der Waals surface area contributed by atoms with Gasteiger partial charge in [0.25, 0.3) is 6.01 Å². The molecule has 1 aromatic heterocycles. The van der Waals surface area contributed by atoms with E-state index in [1.54, 1.807) is 18.2 Å². The van der Waals surface area contributed by atoms with Crippen LogP contribution in [0.5, 0.6) is 0 Å². The van der Waals surface area contributed by atoms with Crippen LogP contribution in [0.2, 0.25) is 5.02 Å². The highest BCUT2D eigenvalue weighted by molar-refractivity contribution is 6.31. The number of nitrogens with one attached hydrogen (secondary N) is 1. The van der Waals surface area contributed by atoms with E-state index < -0.39 is 0 Å². The molecule has 0 atom stereocenters. The molecule has 0 bridgehead atoms. The Labute approximate surface area is 103 Å². The predicted octanol–water partition coefficient (Wildman–Crippen LogP) is 4.22. The molecule has 3 nitrogen and oxygen atoms in total. The van der Waals surface area contributed by atoms with E-state index in [2.05, 4.69) is 10.3 Å². The summed E-state index contributed by atoms with van der Waals surface area (Å²) in [6.45, 7) is 0. The Morgan fingerprint density at radius 1 is 1.06 bits per heavy atom. The lowest BCUT2D eigenvalue weighted by molar-refractivity contribution is 0.623. The van der Waals surface area contributed by atoms with E-state index in [-0.39, 0.29) is 0 Å². The second-order valence-electron chi connectivity index (χ2n) is 3.62. The highest BCUT2D eigenvalue weighted by Crippen LogP contribution is 2.24. The third-order valence-electron chi connectivity index (χ3n) is 2.37. The third-order valence-corrected chi connectivity index (χ3v) is 2.61. The summed E-state index contributed by atoms with van der Waals surface area (Å²) in [7, 11) is 0. The third kappa shape index (κ3) is 2.10. The van der Waals surface area contributed by atoms with E-state index in [4.69, 9.17) is 16.0 Å². The van der Waals surface area contributed by atoms with Gasteiger partial charge in [-0.1, -0.05) is 29.8 Å². The fraction of sp³-hybridized carbons (Fsp3) is 0. The molecule has 17 heavy (non-hydrogen) atoms. The standard InChI is InChI=1S/C13H9ClN2O/c14-9-6-7-12-11(8-9)16-13(17-12)15-10-4-2-1-3-5-10/h1-8H,(H,15,16). The number of anilines is 2. The minimum absolute atomic E-state index is 0.466. The molecule has 1 N–H and O–H groups in total. The summed E-state index contributed by atoms with van der Waals surface area (Å²) >= 11 is 5.89. The molecule has 1 heterocycles. The summed E-state index contributed by atoms with van der Waals surface area (Å²) in [5.41, 5.74) is 2.40. The SMILES string of the molecule is Clc1ccc2oc(Nc3ccccc3)nc2c1. The quantitative estimate of drug-likeness (QED) is 0.733. The summed E-state index contributed by atoms with van der Waals surface area (Å²) in [6, 6.07) is 15.6. The van der Waals surface area contributed by atoms with Crippen molar-refractivity contribution in [2.24, 2.45) is 0 Å². The number of hydrogen-bond acceptors (Lipinski definition) is 3. The molecule has 2 aromatic carbocycles. The Morgan fingerprint density at radius 2 is 1.88 bits per heavy atom. The van der Waals surface area contributed by atoms with Crippen LogP contribution in [0.15, 0.2) is 52.9 Å². The number of para-hydroxylation sites is 1. The summed E-state index contributed by atoms with van der Waals surface area (Å²) < 4.78 is 5.55. The first-order valence-corrected chi connectivity index (χ1v) is 5.57. The fourth-order valence-electron chi connectivity index (χ4n) is 1.60. The van der Waals surface area contributed by atoms with Crippen molar-refractivity contribution in [3.8, 4) is 0 Å². The number of halogens is 1. The first-order chi connectivity index (χ1) is 8.31. The van der Waals surface area contributed by atoms with Crippen LogP contribution in [-0.2, 0) is 0 Å². The maximum absolute atomic E-state index is 5.89. The molecule has 0 aliphatic rings. The lowest BCUT2D eigenvalue weighted by atomic mass is 10.3. The first kappa shape index (κ1) is 10.2. The molecule has 0 aliphatic carbocycles. The zero-order valence-corrected chi connectivity index (χ0v) is 9.61. The second kappa shape index (κ2) is 4.11. The molecular formula is C13H9ClN2O. The van der Waals surface area contributed by atoms with Gasteiger partial charge in [0.2, 0.25) is 0 Å². The van der Waals surface area contributed by atoms with Crippen LogP contribution in [0.3, 0.4) is 0 Å².